The molecule has 20 heavy (non-hydrogen) atoms. The number of carbonyl (C=O) groups excluding carboxylic acids is 1. The van der Waals surface area contributed by atoms with E-state index in [1.807, 2.05) is 13.8 Å². The lowest BCUT2D eigenvalue weighted by Gasteiger charge is -2.06. The maximum absolute atomic E-state index is 13.5. The van der Waals surface area contributed by atoms with Gasteiger partial charge in [0.1, 0.15) is 11.6 Å². The van der Waals surface area contributed by atoms with Crippen molar-refractivity contribution in [1.29, 1.82) is 0 Å². The molecule has 0 aliphatic carbocycles. The van der Waals surface area contributed by atoms with Crippen molar-refractivity contribution in [2.75, 3.05) is 5.32 Å². The molecule has 2 N–H and O–H groups in total. The number of carbonyl (C=O) groups is 1. The molecule has 0 saturated heterocycles. The van der Waals surface area contributed by atoms with E-state index in [1.54, 1.807) is 0 Å². The van der Waals surface area contributed by atoms with Gasteiger partial charge in [0.25, 0.3) is 5.91 Å². The summed E-state index contributed by atoms with van der Waals surface area (Å²) in [7, 11) is 0. The quantitative estimate of drug-likeness (QED) is 0.915. The van der Waals surface area contributed by atoms with Crippen molar-refractivity contribution in [1.82, 2.24) is 15.2 Å². The Labute approximate surface area is 118 Å². The van der Waals surface area contributed by atoms with Crippen molar-refractivity contribution < 1.29 is 13.6 Å². The predicted octanol–water partition coefficient (Wildman–Crippen LogP) is 3.11. The Kier molecular flexibility index (Phi) is 3.99. The minimum absolute atomic E-state index is 0.0650. The number of nitrogens with zero attached hydrogens (tertiary/aromatic N) is 2. The second-order valence-electron chi connectivity index (χ2n) is 4.40. The van der Waals surface area contributed by atoms with Gasteiger partial charge in [0.15, 0.2) is 5.82 Å². The standard InChI is InChI=1S/C12H11ClF2N4O/c1-5(2)10-17-11(19-18-10)12(20)16-9-7(13)3-6(14)4-8(9)15/h3-5H,1-2H3,(H,16,20)(H,17,18,19). The first-order chi connectivity index (χ1) is 9.38. The fourth-order valence-electron chi connectivity index (χ4n) is 1.47. The lowest BCUT2D eigenvalue weighted by molar-refractivity contribution is 0.101. The Balaban J connectivity index is 2.23. The molecule has 1 amide bonds. The molecular weight excluding hydrogens is 290 g/mol. The van der Waals surface area contributed by atoms with Crippen LogP contribution >= 0.6 is 11.6 Å². The SMILES string of the molecule is CC(C)c1nc(C(=O)Nc2c(F)cc(F)cc2Cl)n[nH]1. The summed E-state index contributed by atoms with van der Waals surface area (Å²) in [4.78, 5) is 15.8. The normalized spacial score (nSPS) is 10.9. The molecule has 1 heterocycles. The Hall–Kier alpha value is -2.02. The van der Waals surface area contributed by atoms with Crippen molar-refractivity contribution >= 4 is 23.2 Å². The summed E-state index contributed by atoms with van der Waals surface area (Å²) in [5.41, 5.74) is -0.311. The average molecular weight is 301 g/mol. The molecule has 2 aromatic rings. The first kappa shape index (κ1) is 14.4. The number of aromatic amines is 1. The highest BCUT2D eigenvalue weighted by atomic mass is 35.5. The molecule has 0 bridgehead atoms. The zero-order chi connectivity index (χ0) is 14.9. The molecule has 0 fully saturated rings. The van der Waals surface area contributed by atoms with E-state index in [-0.39, 0.29) is 22.5 Å². The molecule has 106 valence electrons. The lowest BCUT2D eigenvalue weighted by Crippen LogP contribution is -2.15. The zero-order valence-electron chi connectivity index (χ0n) is 10.7. The summed E-state index contributed by atoms with van der Waals surface area (Å²) in [6, 6.07) is 1.52. The molecule has 0 aliphatic rings. The van der Waals surface area contributed by atoms with Crippen molar-refractivity contribution in [2.24, 2.45) is 0 Å². The third-order valence-electron chi connectivity index (χ3n) is 2.50. The summed E-state index contributed by atoms with van der Waals surface area (Å²) in [6.07, 6.45) is 0. The number of rotatable bonds is 3. The third kappa shape index (κ3) is 2.93. The van der Waals surface area contributed by atoms with Gasteiger partial charge in [-0.25, -0.2) is 13.8 Å². The number of hydrogen-bond acceptors (Lipinski definition) is 3. The summed E-state index contributed by atoms with van der Waals surface area (Å²) in [6.45, 7) is 3.75. The summed E-state index contributed by atoms with van der Waals surface area (Å²) < 4.78 is 26.4. The number of aromatic nitrogens is 3. The number of benzene rings is 1. The summed E-state index contributed by atoms with van der Waals surface area (Å²) in [5, 5.41) is 8.30. The minimum Gasteiger partial charge on any atom is -0.315 e. The van der Waals surface area contributed by atoms with Crippen LogP contribution in [0.1, 0.15) is 36.2 Å². The summed E-state index contributed by atoms with van der Waals surface area (Å²) in [5.74, 6) is -2.08. The van der Waals surface area contributed by atoms with Crippen LogP contribution in [0.15, 0.2) is 12.1 Å². The van der Waals surface area contributed by atoms with Gasteiger partial charge in [-0.1, -0.05) is 25.4 Å². The van der Waals surface area contributed by atoms with Gasteiger partial charge < -0.3 is 5.32 Å². The van der Waals surface area contributed by atoms with Crippen LogP contribution in [-0.2, 0) is 0 Å². The lowest BCUT2D eigenvalue weighted by atomic mass is 10.2. The zero-order valence-corrected chi connectivity index (χ0v) is 11.4. The van der Waals surface area contributed by atoms with E-state index in [0.717, 1.165) is 6.07 Å². The van der Waals surface area contributed by atoms with Gasteiger partial charge in [-0.2, -0.15) is 0 Å². The van der Waals surface area contributed by atoms with Crippen LogP contribution in [-0.4, -0.2) is 21.1 Å². The van der Waals surface area contributed by atoms with Gasteiger partial charge in [0.05, 0.1) is 10.7 Å². The van der Waals surface area contributed by atoms with Crippen molar-refractivity contribution in [3.8, 4) is 0 Å². The molecule has 1 aromatic heterocycles. The largest absolute Gasteiger partial charge is 0.315 e. The summed E-state index contributed by atoms with van der Waals surface area (Å²) >= 11 is 5.68. The van der Waals surface area contributed by atoms with Crippen molar-refractivity contribution in [3.05, 3.63) is 40.4 Å². The van der Waals surface area contributed by atoms with Crippen LogP contribution in [0.4, 0.5) is 14.5 Å². The maximum atomic E-state index is 13.5. The highest BCUT2D eigenvalue weighted by Crippen LogP contribution is 2.26. The smallest absolute Gasteiger partial charge is 0.295 e. The van der Waals surface area contributed by atoms with E-state index >= 15 is 0 Å². The number of nitrogens with one attached hydrogen (secondary N) is 2. The van der Waals surface area contributed by atoms with E-state index in [0.29, 0.717) is 11.9 Å². The minimum atomic E-state index is -0.969. The van der Waals surface area contributed by atoms with Crippen LogP contribution in [0.2, 0.25) is 5.02 Å². The van der Waals surface area contributed by atoms with Gasteiger partial charge in [0.2, 0.25) is 5.82 Å². The van der Waals surface area contributed by atoms with E-state index < -0.39 is 17.5 Å². The molecular formula is C12H11ClF2N4O. The highest BCUT2D eigenvalue weighted by molar-refractivity contribution is 6.33. The molecule has 1 aromatic carbocycles. The number of H-pyrrole nitrogens is 1. The maximum Gasteiger partial charge on any atom is 0.295 e. The average Bonchev–Trinajstić information content (AvgIpc) is 2.83. The molecule has 0 atom stereocenters. The molecule has 5 nitrogen and oxygen atoms in total. The number of amides is 1. The first-order valence-corrected chi connectivity index (χ1v) is 6.14. The van der Waals surface area contributed by atoms with Crippen molar-refractivity contribution in [2.45, 2.75) is 19.8 Å². The fraction of sp³-hybridized carbons (Fsp3) is 0.250. The molecule has 8 heteroatoms. The Morgan fingerprint density at radius 3 is 2.65 bits per heavy atom. The van der Waals surface area contributed by atoms with Gasteiger partial charge >= 0.3 is 0 Å². The molecule has 0 aliphatic heterocycles. The van der Waals surface area contributed by atoms with Gasteiger partial charge in [-0.15, -0.1) is 5.10 Å². The van der Waals surface area contributed by atoms with E-state index in [1.165, 1.54) is 0 Å². The highest BCUT2D eigenvalue weighted by Gasteiger charge is 2.18. The van der Waals surface area contributed by atoms with Gasteiger partial charge in [0, 0.05) is 12.0 Å². The Morgan fingerprint density at radius 1 is 1.40 bits per heavy atom. The predicted molar refractivity (Wildman–Crippen MR) is 69.8 cm³/mol. The molecule has 2 rings (SSSR count). The second kappa shape index (κ2) is 5.54. The monoisotopic (exact) mass is 300 g/mol. The van der Waals surface area contributed by atoms with Gasteiger partial charge in [-0.3, -0.25) is 9.89 Å². The number of hydrogen-bond donors (Lipinski definition) is 2. The third-order valence-corrected chi connectivity index (χ3v) is 2.80. The van der Waals surface area contributed by atoms with E-state index in [2.05, 4.69) is 20.5 Å². The van der Waals surface area contributed by atoms with E-state index in [9.17, 15) is 13.6 Å². The fourth-order valence-corrected chi connectivity index (χ4v) is 1.71. The van der Waals surface area contributed by atoms with Crippen LogP contribution in [0, 0.1) is 11.6 Å². The first-order valence-electron chi connectivity index (χ1n) is 5.76. The number of halogens is 3. The molecule has 0 unspecified atom stereocenters. The molecule has 0 spiro atoms. The second-order valence-corrected chi connectivity index (χ2v) is 4.80. The van der Waals surface area contributed by atoms with Crippen LogP contribution in [0.3, 0.4) is 0 Å². The van der Waals surface area contributed by atoms with Crippen LogP contribution in [0.25, 0.3) is 0 Å². The van der Waals surface area contributed by atoms with Crippen LogP contribution < -0.4 is 5.32 Å². The topological polar surface area (TPSA) is 70.7 Å². The Morgan fingerprint density at radius 2 is 2.10 bits per heavy atom. The van der Waals surface area contributed by atoms with Crippen LogP contribution in [0.5, 0.6) is 0 Å². The number of anilines is 1. The molecule has 0 radical (unpaired) electrons. The van der Waals surface area contributed by atoms with Gasteiger partial charge in [-0.05, 0) is 6.07 Å². The Bertz CT molecular complexity index is 634. The van der Waals surface area contributed by atoms with Crippen molar-refractivity contribution in [3.63, 3.8) is 0 Å². The van der Waals surface area contributed by atoms with E-state index in [4.69, 9.17) is 11.6 Å². The molecule has 0 saturated carbocycles.